The van der Waals surface area contributed by atoms with E-state index >= 15 is 0 Å². The van der Waals surface area contributed by atoms with Gasteiger partial charge < -0.3 is 11.5 Å². The number of hydrogen-bond donors (Lipinski definition) is 2. The van der Waals surface area contributed by atoms with Gasteiger partial charge in [0.15, 0.2) is 0 Å². The van der Waals surface area contributed by atoms with E-state index in [4.69, 9.17) is 11.5 Å². The Morgan fingerprint density at radius 3 is 1.95 bits per heavy atom. The Morgan fingerprint density at radius 1 is 0.905 bits per heavy atom. The molecule has 0 aliphatic carbocycles. The lowest BCUT2D eigenvalue weighted by atomic mass is 10.2. The molecular weight excluding hydrogens is 420 g/mol. The van der Waals surface area contributed by atoms with Crippen LogP contribution in [0.2, 0.25) is 0 Å². The summed E-state index contributed by atoms with van der Waals surface area (Å²) in [5.74, 6) is -0.385. The lowest BCUT2D eigenvalue weighted by Crippen LogP contribution is -2.06. The number of nitrogen functional groups attached to an aromatic ring is 2. The fourth-order valence-corrected chi connectivity index (χ4v) is 2.07. The van der Waals surface area contributed by atoms with Crippen molar-refractivity contribution in [2.45, 2.75) is 6.18 Å². The van der Waals surface area contributed by atoms with E-state index in [0.29, 0.717) is 4.47 Å². The zero-order valence-electron chi connectivity index (χ0n) is 10.4. The summed E-state index contributed by atoms with van der Waals surface area (Å²) in [5.41, 5.74) is 9.93. The third-order valence-corrected chi connectivity index (χ3v) is 3.44. The van der Waals surface area contributed by atoms with E-state index in [9.17, 15) is 17.6 Å². The molecule has 0 radical (unpaired) electrons. The summed E-state index contributed by atoms with van der Waals surface area (Å²) in [6.45, 7) is 0. The maximum atomic E-state index is 12.4. The molecule has 0 saturated carbocycles. The number of halogens is 6. The largest absolute Gasteiger partial charge is 0.417 e. The van der Waals surface area contributed by atoms with Crippen molar-refractivity contribution in [3.05, 3.63) is 56.7 Å². The van der Waals surface area contributed by atoms with Crippen LogP contribution in [-0.2, 0) is 6.18 Å². The molecule has 2 nitrogen and oxygen atoms in total. The van der Waals surface area contributed by atoms with Crippen LogP contribution in [0.25, 0.3) is 0 Å². The highest BCUT2D eigenvalue weighted by Crippen LogP contribution is 2.35. The molecule has 0 spiro atoms. The van der Waals surface area contributed by atoms with Gasteiger partial charge >= 0.3 is 6.18 Å². The summed E-state index contributed by atoms with van der Waals surface area (Å²) in [5, 5.41) is 0. The Kier molecular flexibility index (Phi) is 6.03. The Morgan fingerprint density at radius 2 is 1.52 bits per heavy atom. The highest BCUT2D eigenvalue weighted by molar-refractivity contribution is 9.10. The molecule has 0 atom stereocenters. The topological polar surface area (TPSA) is 52.0 Å². The molecule has 2 rings (SSSR count). The monoisotopic (exact) mass is 428 g/mol. The second-order valence-electron chi connectivity index (χ2n) is 3.90. The lowest BCUT2D eigenvalue weighted by Gasteiger charge is -2.08. The summed E-state index contributed by atoms with van der Waals surface area (Å²) in [6, 6.07) is 8.11. The van der Waals surface area contributed by atoms with Crippen LogP contribution in [-0.4, -0.2) is 0 Å². The van der Waals surface area contributed by atoms with Crippen LogP contribution in [0.4, 0.5) is 28.9 Å². The zero-order chi connectivity index (χ0) is 16.2. The molecule has 2 aromatic rings. The molecular formula is C13H10Br2F4N2. The lowest BCUT2D eigenvalue weighted by molar-refractivity contribution is -0.138. The summed E-state index contributed by atoms with van der Waals surface area (Å²) in [7, 11) is 0. The molecule has 114 valence electrons. The predicted molar refractivity (Wildman–Crippen MR) is 82.1 cm³/mol. The second kappa shape index (κ2) is 7.13. The smallest absolute Gasteiger partial charge is 0.399 e. The molecule has 0 amide bonds. The summed E-state index contributed by atoms with van der Waals surface area (Å²) in [4.78, 5) is 0. The normalized spacial score (nSPS) is 10.8. The van der Waals surface area contributed by atoms with Gasteiger partial charge in [0.25, 0.3) is 0 Å². The number of rotatable bonds is 0. The minimum atomic E-state index is -4.35. The van der Waals surface area contributed by atoms with Crippen LogP contribution in [0.3, 0.4) is 0 Å². The number of anilines is 2. The van der Waals surface area contributed by atoms with E-state index in [1.165, 1.54) is 24.3 Å². The Labute approximate surface area is 135 Å². The highest BCUT2D eigenvalue weighted by atomic mass is 79.9. The van der Waals surface area contributed by atoms with E-state index in [2.05, 4.69) is 31.9 Å². The fraction of sp³-hybridized carbons (Fsp3) is 0.0769. The molecule has 0 aromatic heterocycles. The van der Waals surface area contributed by atoms with Gasteiger partial charge in [0.05, 0.1) is 11.3 Å². The van der Waals surface area contributed by atoms with Gasteiger partial charge in [-0.3, -0.25) is 0 Å². The zero-order valence-corrected chi connectivity index (χ0v) is 13.6. The van der Waals surface area contributed by atoms with Crippen molar-refractivity contribution in [1.82, 2.24) is 0 Å². The minimum Gasteiger partial charge on any atom is -0.399 e. The van der Waals surface area contributed by atoms with Crippen molar-refractivity contribution in [3.63, 3.8) is 0 Å². The molecule has 0 bridgehead atoms. The second-order valence-corrected chi connectivity index (χ2v) is 5.67. The van der Waals surface area contributed by atoms with Gasteiger partial charge in [-0.05, 0) is 36.4 Å². The van der Waals surface area contributed by atoms with E-state index < -0.39 is 11.7 Å². The highest BCUT2D eigenvalue weighted by Gasteiger charge is 2.32. The van der Waals surface area contributed by atoms with Gasteiger partial charge in [-0.1, -0.05) is 31.9 Å². The van der Waals surface area contributed by atoms with Crippen molar-refractivity contribution in [2.24, 2.45) is 0 Å². The van der Waals surface area contributed by atoms with Gasteiger partial charge in [-0.25, -0.2) is 4.39 Å². The van der Waals surface area contributed by atoms with Gasteiger partial charge in [-0.15, -0.1) is 0 Å². The number of alkyl halides is 3. The Bertz CT molecular complexity index is 630. The van der Waals surface area contributed by atoms with Crippen LogP contribution >= 0.6 is 31.9 Å². The molecule has 0 aliphatic heterocycles. The predicted octanol–water partition coefficient (Wildman–Crippen LogP) is 5.22. The third kappa shape index (κ3) is 5.55. The summed E-state index contributed by atoms with van der Waals surface area (Å²) in [6.07, 6.45) is -4.35. The molecule has 21 heavy (non-hydrogen) atoms. The van der Waals surface area contributed by atoms with Crippen LogP contribution in [0.15, 0.2) is 45.3 Å². The summed E-state index contributed by atoms with van der Waals surface area (Å²) >= 11 is 5.89. The summed E-state index contributed by atoms with van der Waals surface area (Å²) < 4.78 is 49.6. The van der Waals surface area contributed by atoms with Crippen molar-refractivity contribution in [3.8, 4) is 0 Å². The van der Waals surface area contributed by atoms with E-state index in [1.54, 1.807) is 6.07 Å². The van der Waals surface area contributed by atoms with Crippen molar-refractivity contribution in [2.75, 3.05) is 11.5 Å². The van der Waals surface area contributed by atoms with E-state index in [0.717, 1.165) is 6.07 Å². The number of nitrogens with two attached hydrogens (primary N) is 2. The Hall–Kier alpha value is -1.28. The molecule has 2 aromatic carbocycles. The van der Waals surface area contributed by atoms with Crippen LogP contribution in [0.5, 0.6) is 0 Å². The van der Waals surface area contributed by atoms with E-state index in [-0.39, 0.29) is 21.7 Å². The van der Waals surface area contributed by atoms with Crippen molar-refractivity contribution in [1.29, 1.82) is 0 Å². The first-order chi connectivity index (χ1) is 9.61. The molecule has 0 fully saturated rings. The molecule has 0 heterocycles. The first-order valence-electron chi connectivity index (χ1n) is 5.44. The maximum Gasteiger partial charge on any atom is 0.417 e. The fourth-order valence-electron chi connectivity index (χ4n) is 1.26. The number of hydrogen-bond acceptors (Lipinski definition) is 2. The SMILES string of the molecule is Nc1ccc(Br)c(C(F)(F)F)c1.Nc1ccc(Br)cc1F. The average Bonchev–Trinajstić information content (AvgIpc) is 2.37. The quantitative estimate of drug-likeness (QED) is 0.445. The van der Waals surface area contributed by atoms with Crippen molar-refractivity contribution >= 4 is 43.2 Å². The van der Waals surface area contributed by atoms with Gasteiger partial charge in [-0.2, -0.15) is 13.2 Å². The van der Waals surface area contributed by atoms with Gasteiger partial charge in [0.2, 0.25) is 0 Å². The molecule has 0 unspecified atom stereocenters. The first kappa shape index (κ1) is 17.8. The van der Waals surface area contributed by atoms with Gasteiger partial charge in [0.1, 0.15) is 5.82 Å². The van der Waals surface area contributed by atoms with Gasteiger partial charge in [0, 0.05) is 14.6 Å². The number of benzene rings is 2. The van der Waals surface area contributed by atoms with Crippen LogP contribution in [0, 0.1) is 5.82 Å². The third-order valence-electron chi connectivity index (χ3n) is 2.26. The maximum absolute atomic E-state index is 12.4. The van der Waals surface area contributed by atoms with Crippen molar-refractivity contribution < 1.29 is 17.6 Å². The van der Waals surface area contributed by atoms with Crippen LogP contribution < -0.4 is 11.5 Å². The van der Waals surface area contributed by atoms with Crippen LogP contribution in [0.1, 0.15) is 5.56 Å². The minimum absolute atomic E-state index is 0.00389. The molecule has 0 saturated heterocycles. The average molecular weight is 430 g/mol. The van der Waals surface area contributed by atoms with E-state index in [1.807, 2.05) is 0 Å². The molecule has 0 aliphatic rings. The standard InChI is InChI=1S/C7H5BrF3N.C6H5BrFN/c8-6-2-1-4(12)3-5(6)7(9,10)11;7-4-1-2-6(9)5(8)3-4/h1-3H,12H2;1-3H,9H2. The first-order valence-corrected chi connectivity index (χ1v) is 7.02. The molecule has 4 N–H and O–H groups in total. The Balaban J connectivity index is 0.000000219. The molecule has 8 heteroatoms.